The first kappa shape index (κ1) is 16.4. The number of halogens is 3. The van der Waals surface area contributed by atoms with E-state index in [4.69, 9.17) is 4.84 Å². The summed E-state index contributed by atoms with van der Waals surface area (Å²) in [5.74, 6) is 0. The zero-order valence-electron chi connectivity index (χ0n) is 13.0. The van der Waals surface area contributed by atoms with Gasteiger partial charge in [-0.2, -0.15) is 13.2 Å². The number of hydrogen-bond acceptors (Lipinski definition) is 3. The van der Waals surface area contributed by atoms with E-state index in [1.54, 1.807) is 5.06 Å². The number of aromatic nitrogens is 1. The zero-order chi connectivity index (χ0) is 17.4. The lowest BCUT2D eigenvalue weighted by molar-refractivity contribution is -0.0335. The number of nitrogens with zero attached hydrogens (tertiary/aromatic N) is 1. The molecule has 1 saturated heterocycles. The molecular formula is C18H15F3N2OS. The molecule has 0 radical (unpaired) electrons. The van der Waals surface area contributed by atoms with Crippen molar-refractivity contribution in [1.82, 2.24) is 4.98 Å². The van der Waals surface area contributed by atoms with Crippen molar-refractivity contribution in [3.8, 4) is 0 Å². The number of aromatic amines is 1. The fourth-order valence-electron chi connectivity index (χ4n) is 3.14. The van der Waals surface area contributed by atoms with Crippen LogP contribution in [0.25, 0.3) is 10.9 Å². The van der Waals surface area contributed by atoms with Crippen molar-refractivity contribution in [2.24, 2.45) is 0 Å². The molecule has 0 aliphatic carbocycles. The van der Waals surface area contributed by atoms with E-state index in [0.29, 0.717) is 5.69 Å². The number of benzene rings is 2. The Morgan fingerprint density at radius 3 is 2.48 bits per heavy atom. The molecule has 3 nitrogen and oxygen atoms in total. The normalized spacial score (nSPS) is 21.2. The fourth-order valence-corrected chi connectivity index (χ4v) is 4.00. The fraction of sp³-hybridized carbons (Fsp3) is 0.222. The lowest BCUT2D eigenvalue weighted by Gasteiger charge is -2.26. The topological polar surface area (TPSA) is 28.3 Å². The summed E-state index contributed by atoms with van der Waals surface area (Å²) in [6.07, 6.45) is 0. The minimum Gasteiger partial charge on any atom is -0.357 e. The van der Waals surface area contributed by atoms with E-state index in [1.165, 1.54) is 0 Å². The van der Waals surface area contributed by atoms with Crippen molar-refractivity contribution in [2.45, 2.75) is 16.8 Å². The number of alkyl halides is 3. The lowest BCUT2D eigenvalue weighted by atomic mass is 10.1. The molecule has 0 saturated carbocycles. The lowest BCUT2D eigenvalue weighted by Crippen LogP contribution is -2.27. The predicted molar refractivity (Wildman–Crippen MR) is 93.3 cm³/mol. The van der Waals surface area contributed by atoms with Crippen LogP contribution in [0.5, 0.6) is 0 Å². The summed E-state index contributed by atoms with van der Waals surface area (Å²) < 4.78 is 39.0. The van der Waals surface area contributed by atoms with Gasteiger partial charge in [-0.1, -0.05) is 36.4 Å². The van der Waals surface area contributed by atoms with Crippen molar-refractivity contribution in [1.29, 1.82) is 0 Å². The van der Waals surface area contributed by atoms with Gasteiger partial charge in [0.05, 0.1) is 17.5 Å². The maximum Gasteiger partial charge on any atom is 0.442 e. The molecule has 2 unspecified atom stereocenters. The van der Waals surface area contributed by atoms with E-state index < -0.39 is 16.8 Å². The molecule has 0 amide bonds. The number of H-pyrrole nitrogens is 1. The second kappa shape index (κ2) is 6.31. The number of hydroxylamine groups is 1. The molecule has 2 aromatic carbocycles. The molecule has 1 aliphatic rings. The number of nitrogens with one attached hydrogen (secondary N) is 1. The molecule has 1 N–H and O–H groups in total. The first-order chi connectivity index (χ1) is 12.0. The van der Waals surface area contributed by atoms with Gasteiger partial charge in [-0.25, -0.2) is 5.06 Å². The maximum absolute atomic E-state index is 13.0. The number of rotatable bonds is 3. The molecule has 1 aliphatic heterocycles. The zero-order valence-corrected chi connectivity index (χ0v) is 13.8. The summed E-state index contributed by atoms with van der Waals surface area (Å²) >= 11 is -0.0110. The summed E-state index contributed by atoms with van der Waals surface area (Å²) in [7, 11) is 0. The molecule has 3 aromatic rings. The molecule has 2 heterocycles. The van der Waals surface area contributed by atoms with Crippen molar-refractivity contribution in [3.63, 3.8) is 0 Å². The van der Waals surface area contributed by atoms with E-state index in [1.807, 2.05) is 60.7 Å². The van der Waals surface area contributed by atoms with E-state index >= 15 is 0 Å². The minimum absolute atomic E-state index is 0.000890. The van der Waals surface area contributed by atoms with Crippen molar-refractivity contribution >= 4 is 28.4 Å². The summed E-state index contributed by atoms with van der Waals surface area (Å²) in [5, 5.41) is 1.79. The highest BCUT2D eigenvalue weighted by molar-refractivity contribution is 8.00. The van der Waals surface area contributed by atoms with Crippen LogP contribution in [0.2, 0.25) is 0 Å². The second-order valence-electron chi connectivity index (χ2n) is 5.82. The summed E-state index contributed by atoms with van der Waals surface area (Å²) in [6.45, 7) is -0.000890. The Morgan fingerprint density at radius 1 is 1.04 bits per heavy atom. The van der Waals surface area contributed by atoms with Gasteiger partial charge < -0.3 is 4.98 Å². The van der Waals surface area contributed by atoms with Gasteiger partial charge in [0.15, 0.2) is 0 Å². The third-order valence-electron chi connectivity index (χ3n) is 4.15. The van der Waals surface area contributed by atoms with Gasteiger partial charge in [-0.15, -0.1) is 0 Å². The molecule has 1 aromatic heterocycles. The van der Waals surface area contributed by atoms with Crippen LogP contribution in [0.15, 0.2) is 60.7 Å². The van der Waals surface area contributed by atoms with Crippen LogP contribution >= 0.6 is 11.8 Å². The van der Waals surface area contributed by atoms with E-state index in [9.17, 15) is 13.2 Å². The Kier molecular flexibility index (Phi) is 4.13. The quantitative estimate of drug-likeness (QED) is 0.685. The van der Waals surface area contributed by atoms with Crippen LogP contribution in [-0.2, 0) is 4.84 Å². The van der Waals surface area contributed by atoms with Gasteiger partial charge in [-0.3, -0.25) is 4.84 Å². The number of hydrogen-bond donors (Lipinski definition) is 1. The van der Waals surface area contributed by atoms with Crippen molar-refractivity contribution in [3.05, 3.63) is 66.4 Å². The number of para-hydroxylation sites is 2. The smallest absolute Gasteiger partial charge is 0.357 e. The van der Waals surface area contributed by atoms with Crippen molar-refractivity contribution in [2.75, 3.05) is 11.7 Å². The summed E-state index contributed by atoms with van der Waals surface area (Å²) in [5.41, 5.74) is -1.97. The number of anilines is 1. The average Bonchev–Trinajstić information content (AvgIpc) is 3.17. The van der Waals surface area contributed by atoms with Crippen molar-refractivity contribution < 1.29 is 18.0 Å². The van der Waals surface area contributed by atoms with E-state index in [0.717, 1.165) is 16.6 Å². The second-order valence-corrected chi connectivity index (χ2v) is 7.12. The molecule has 2 atom stereocenters. The highest BCUT2D eigenvalue weighted by atomic mass is 32.2. The molecule has 7 heteroatoms. The molecule has 1 fully saturated rings. The monoisotopic (exact) mass is 364 g/mol. The molecule has 4 rings (SSSR count). The largest absolute Gasteiger partial charge is 0.442 e. The van der Waals surface area contributed by atoms with Gasteiger partial charge >= 0.3 is 5.51 Å². The molecule has 0 bridgehead atoms. The molecule has 0 spiro atoms. The predicted octanol–water partition coefficient (Wildman–Crippen LogP) is 5.28. The van der Waals surface area contributed by atoms with Crippen LogP contribution in [0.4, 0.5) is 18.9 Å². The Morgan fingerprint density at radius 2 is 1.76 bits per heavy atom. The number of thioether (sulfide) groups is 1. The highest BCUT2D eigenvalue weighted by Crippen LogP contribution is 2.46. The van der Waals surface area contributed by atoms with E-state index in [2.05, 4.69) is 4.98 Å². The SMILES string of the molecule is FC(F)(F)SC1CON(c2ccccc2)C1c1cc2ccccc2[nH]1. The first-order valence-corrected chi connectivity index (χ1v) is 8.69. The average molecular weight is 364 g/mol. The first-order valence-electron chi connectivity index (χ1n) is 7.81. The maximum atomic E-state index is 13.0. The van der Waals surface area contributed by atoms with Gasteiger partial charge in [0.1, 0.15) is 6.04 Å². The molecule has 25 heavy (non-hydrogen) atoms. The van der Waals surface area contributed by atoms with Gasteiger partial charge in [0.2, 0.25) is 0 Å². The highest BCUT2D eigenvalue weighted by Gasteiger charge is 2.45. The van der Waals surface area contributed by atoms with Gasteiger partial charge in [0, 0.05) is 11.2 Å². The standard InChI is InChI=1S/C18H15F3N2OS/c19-18(20,21)25-16-11-24-23(13-7-2-1-3-8-13)17(16)15-10-12-6-4-5-9-14(12)22-15/h1-10,16-17,22H,11H2. The Hall–Kier alpha value is -2.12. The molecular weight excluding hydrogens is 349 g/mol. The minimum atomic E-state index is -4.31. The third-order valence-corrected chi connectivity index (χ3v) is 5.11. The van der Waals surface area contributed by atoms with Crippen LogP contribution < -0.4 is 5.06 Å². The van der Waals surface area contributed by atoms with E-state index in [-0.39, 0.29) is 18.4 Å². The van der Waals surface area contributed by atoms with Gasteiger partial charge in [0.25, 0.3) is 0 Å². The van der Waals surface area contributed by atoms with Crippen LogP contribution in [0, 0.1) is 0 Å². The molecule has 130 valence electrons. The third kappa shape index (κ3) is 3.34. The number of fused-ring (bicyclic) bond motifs is 1. The Bertz CT molecular complexity index is 832. The summed E-state index contributed by atoms with van der Waals surface area (Å²) in [6, 6.07) is 18.2. The Labute approximate surface area is 146 Å². The van der Waals surface area contributed by atoms with Gasteiger partial charge in [-0.05, 0) is 41.4 Å². The Balaban J connectivity index is 1.75. The van der Waals surface area contributed by atoms with Crippen LogP contribution in [0.3, 0.4) is 0 Å². The van der Waals surface area contributed by atoms with Crippen LogP contribution in [0.1, 0.15) is 11.7 Å². The summed E-state index contributed by atoms with van der Waals surface area (Å²) in [4.78, 5) is 8.90. The van der Waals surface area contributed by atoms with Crippen LogP contribution in [-0.4, -0.2) is 22.3 Å².